The summed E-state index contributed by atoms with van der Waals surface area (Å²) in [4.78, 5) is 29.4. The van der Waals surface area contributed by atoms with Gasteiger partial charge in [0.1, 0.15) is 0 Å². The molecule has 1 amide bonds. The Bertz CT molecular complexity index is 854. The van der Waals surface area contributed by atoms with Gasteiger partial charge in [-0.05, 0) is 18.4 Å². The molecule has 7 nitrogen and oxygen atoms in total. The number of carbonyl (C=O) groups is 2. The van der Waals surface area contributed by atoms with Gasteiger partial charge in [0.15, 0.2) is 5.82 Å². The molecular weight excluding hydrogens is 360 g/mol. The number of amides is 1. The molecule has 3 aromatic rings. The van der Waals surface area contributed by atoms with Crippen LogP contribution in [0.4, 0.5) is 0 Å². The summed E-state index contributed by atoms with van der Waals surface area (Å²) in [5.41, 5.74) is 1.00. The number of hydrogen-bond donors (Lipinski definition) is 1. The number of nitrogens with zero attached hydrogens (tertiary/aromatic N) is 3. The lowest BCUT2D eigenvalue weighted by molar-refractivity contribution is -0.144. The summed E-state index contributed by atoms with van der Waals surface area (Å²) in [6.45, 7) is 2.56. The third kappa shape index (κ3) is 4.43. The van der Waals surface area contributed by atoms with Crippen LogP contribution < -0.4 is 5.32 Å². The fourth-order valence-corrected chi connectivity index (χ4v) is 3.78. The Kier molecular flexibility index (Phi) is 5.77. The molecule has 0 spiro atoms. The van der Waals surface area contributed by atoms with Crippen molar-refractivity contribution in [1.82, 2.24) is 19.9 Å². The molecule has 0 atom stereocenters. The standard InChI is InChI=1S/C16H18N4O3S2/c1-2-23-14(22)6-5-13(21)17-8-7-11-10-25-16-18-15(19-20(11)16)12-4-3-9-24-12/h3-4,9-10H,2,5-8H2,1H3,(H,17,21). The Morgan fingerprint density at radius 2 is 2.20 bits per heavy atom. The lowest BCUT2D eigenvalue weighted by atomic mass is 10.3. The van der Waals surface area contributed by atoms with Crippen LogP contribution in [0, 0.1) is 0 Å². The molecule has 1 N–H and O–H groups in total. The molecule has 0 saturated heterocycles. The summed E-state index contributed by atoms with van der Waals surface area (Å²) >= 11 is 3.14. The Hall–Kier alpha value is -2.26. The van der Waals surface area contributed by atoms with Crippen LogP contribution in [-0.2, 0) is 20.7 Å². The molecule has 0 aliphatic heterocycles. The Morgan fingerprint density at radius 1 is 1.32 bits per heavy atom. The third-order valence-corrected chi connectivity index (χ3v) is 5.19. The van der Waals surface area contributed by atoms with Gasteiger partial charge < -0.3 is 10.1 Å². The molecule has 3 heterocycles. The smallest absolute Gasteiger partial charge is 0.306 e. The number of nitrogens with one attached hydrogen (secondary N) is 1. The number of carbonyl (C=O) groups excluding carboxylic acids is 2. The van der Waals surface area contributed by atoms with Gasteiger partial charge in [-0.1, -0.05) is 6.07 Å². The summed E-state index contributed by atoms with van der Waals surface area (Å²) < 4.78 is 6.63. The first-order valence-corrected chi connectivity index (χ1v) is 9.72. The minimum Gasteiger partial charge on any atom is -0.466 e. The molecule has 0 unspecified atom stereocenters. The van der Waals surface area contributed by atoms with Crippen LogP contribution >= 0.6 is 22.7 Å². The van der Waals surface area contributed by atoms with Crippen LogP contribution in [0.1, 0.15) is 25.5 Å². The number of aromatic nitrogens is 3. The van der Waals surface area contributed by atoms with Crippen LogP contribution in [0.5, 0.6) is 0 Å². The lowest BCUT2D eigenvalue weighted by Gasteiger charge is -2.04. The molecule has 25 heavy (non-hydrogen) atoms. The van der Waals surface area contributed by atoms with Crippen LogP contribution in [0.15, 0.2) is 22.9 Å². The van der Waals surface area contributed by atoms with Crippen molar-refractivity contribution in [3.63, 3.8) is 0 Å². The fraction of sp³-hybridized carbons (Fsp3) is 0.375. The van der Waals surface area contributed by atoms with Gasteiger partial charge in [-0.2, -0.15) is 4.98 Å². The SMILES string of the molecule is CCOC(=O)CCC(=O)NCCc1csc2nc(-c3cccs3)nn12. The van der Waals surface area contributed by atoms with E-state index in [1.54, 1.807) is 18.3 Å². The maximum atomic E-state index is 11.8. The van der Waals surface area contributed by atoms with E-state index in [0.717, 1.165) is 21.4 Å². The third-order valence-electron chi connectivity index (χ3n) is 3.46. The topological polar surface area (TPSA) is 85.6 Å². The normalized spacial score (nSPS) is 10.9. The van der Waals surface area contributed by atoms with Gasteiger partial charge in [-0.15, -0.1) is 27.8 Å². The highest BCUT2D eigenvalue weighted by Gasteiger charge is 2.12. The molecule has 0 aliphatic carbocycles. The van der Waals surface area contributed by atoms with Crippen LogP contribution in [0.25, 0.3) is 15.7 Å². The van der Waals surface area contributed by atoms with Gasteiger partial charge in [0, 0.05) is 24.8 Å². The number of hydrogen-bond acceptors (Lipinski definition) is 7. The second-order valence-electron chi connectivity index (χ2n) is 5.24. The van der Waals surface area contributed by atoms with E-state index in [-0.39, 0.29) is 24.7 Å². The average Bonchev–Trinajstić information content (AvgIpc) is 3.30. The molecule has 0 aromatic carbocycles. The molecule has 3 aromatic heterocycles. The van der Waals surface area contributed by atoms with Gasteiger partial charge in [-0.3, -0.25) is 9.59 Å². The Labute approximate surface area is 152 Å². The molecule has 0 fully saturated rings. The summed E-state index contributed by atoms with van der Waals surface area (Å²) in [5.74, 6) is 0.222. The number of thiazole rings is 1. The van der Waals surface area contributed by atoms with Crippen molar-refractivity contribution in [3.05, 3.63) is 28.6 Å². The van der Waals surface area contributed by atoms with Crippen molar-refractivity contribution < 1.29 is 14.3 Å². The maximum Gasteiger partial charge on any atom is 0.306 e. The highest BCUT2D eigenvalue weighted by atomic mass is 32.1. The molecule has 3 rings (SSSR count). The van der Waals surface area contributed by atoms with Gasteiger partial charge in [0.2, 0.25) is 10.9 Å². The number of fused-ring (bicyclic) bond motifs is 1. The van der Waals surface area contributed by atoms with Crippen molar-refractivity contribution in [2.24, 2.45) is 0 Å². The summed E-state index contributed by atoms with van der Waals surface area (Å²) in [5, 5.41) is 11.4. The van der Waals surface area contributed by atoms with Crippen LogP contribution in [0.3, 0.4) is 0 Å². The zero-order valence-corrected chi connectivity index (χ0v) is 15.4. The van der Waals surface area contributed by atoms with Gasteiger partial charge in [0.25, 0.3) is 0 Å². The first-order chi connectivity index (χ1) is 12.2. The summed E-state index contributed by atoms with van der Waals surface area (Å²) in [6.07, 6.45) is 0.901. The molecular formula is C16H18N4O3S2. The van der Waals surface area contributed by atoms with E-state index >= 15 is 0 Å². The van der Waals surface area contributed by atoms with Crippen LogP contribution in [-0.4, -0.2) is 39.6 Å². The van der Waals surface area contributed by atoms with Crippen molar-refractivity contribution in [1.29, 1.82) is 0 Å². The van der Waals surface area contributed by atoms with Crippen molar-refractivity contribution in [2.45, 2.75) is 26.2 Å². The van der Waals surface area contributed by atoms with Gasteiger partial charge in [-0.25, -0.2) is 4.52 Å². The van der Waals surface area contributed by atoms with Crippen molar-refractivity contribution in [2.75, 3.05) is 13.2 Å². The second kappa shape index (κ2) is 8.21. The van der Waals surface area contributed by atoms with Gasteiger partial charge in [0.05, 0.1) is 23.6 Å². The predicted octanol–water partition coefficient (Wildman–Crippen LogP) is 2.52. The molecule has 132 valence electrons. The molecule has 0 aliphatic rings. The van der Waals surface area contributed by atoms with Crippen molar-refractivity contribution >= 4 is 39.5 Å². The summed E-state index contributed by atoms with van der Waals surface area (Å²) in [6, 6.07) is 3.97. The lowest BCUT2D eigenvalue weighted by Crippen LogP contribution is -2.26. The monoisotopic (exact) mass is 378 g/mol. The van der Waals surface area contributed by atoms with Crippen LogP contribution in [0.2, 0.25) is 0 Å². The highest BCUT2D eigenvalue weighted by Crippen LogP contribution is 2.24. The molecule has 9 heteroatoms. The number of thiophene rings is 1. The van der Waals surface area contributed by atoms with E-state index < -0.39 is 0 Å². The zero-order valence-electron chi connectivity index (χ0n) is 13.7. The highest BCUT2D eigenvalue weighted by molar-refractivity contribution is 7.15. The van der Waals surface area contributed by atoms with E-state index in [2.05, 4.69) is 15.4 Å². The summed E-state index contributed by atoms with van der Waals surface area (Å²) in [7, 11) is 0. The molecule has 0 radical (unpaired) electrons. The van der Waals surface area contributed by atoms with E-state index in [0.29, 0.717) is 19.6 Å². The number of ether oxygens (including phenoxy) is 1. The van der Waals surface area contributed by atoms with Crippen molar-refractivity contribution in [3.8, 4) is 10.7 Å². The van der Waals surface area contributed by atoms with E-state index in [1.807, 2.05) is 27.4 Å². The zero-order chi connectivity index (χ0) is 17.6. The number of esters is 1. The molecule has 0 saturated carbocycles. The minimum absolute atomic E-state index is 0.107. The fourth-order valence-electron chi connectivity index (χ4n) is 2.27. The Morgan fingerprint density at radius 3 is 2.96 bits per heavy atom. The van der Waals surface area contributed by atoms with Gasteiger partial charge >= 0.3 is 5.97 Å². The number of rotatable bonds is 8. The maximum absolute atomic E-state index is 11.8. The second-order valence-corrected chi connectivity index (χ2v) is 7.02. The van der Waals surface area contributed by atoms with E-state index in [4.69, 9.17) is 4.74 Å². The average molecular weight is 378 g/mol. The van der Waals surface area contributed by atoms with E-state index in [9.17, 15) is 9.59 Å². The largest absolute Gasteiger partial charge is 0.466 e. The minimum atomic E-state index is -0.346. The first kappa shape index (κ1) is 17.6. The predicted molar refractivity (Wildman–Crippen MR) is 96.8 cm³/mol. The quantitative estimate of drug-likeness (QED) is 0.609. The van der Waals surface area contributed by atoms with E-state index in [1.165, 1.54) is 11.3 Å². The molecule has 0 bridgehead atoms. The Balaban J connectivity index is 1.51. The first-order valence-electron chi connectivity index (χ1n) is 7.96.